The van der Waals surface area contributed by atoms with Crippen LogP contribution in [0.5, 0.6) is 0 Å². The minimum absolute atomic E-state index is 0.114. The monoisotopic (exact) mass is 222 g/mol. The van der Waals surface area contributed by atoms with Gasteiger partial charge in [0.2, 0.25) is 0 Å². The Kier molecular flexibility index (Phi) is 4.24. The molecule has 0 aliphatic carbocycles. The molecule has 1 aliphatic rings. The molecule has 0 aromatic heterocycles. The van der Waals surface area contributed by atoms with Crippen molar-refractivity contribution in [2.24, 2.45) is 5.73 Å². The topological polar surface area (TPSA) is 66.6 Å². The summed E-state index contributed by atoms with van der Waals surface area (Å²) in [4.78, 5) is 2.00. The van der Waals surface area contributed by atoms with E-state index in [1.165, 1.54) is 6.42 Å². The normalized spacial score (nSPS) is 23.8. The second-order valence-corrected chi connectivity index (χ2v) is 4.60. The molecule has 1 heterocycles. The first kappa shape index (κ1) is 11.0. The lowest BCUT2D eigenvalue weighted by Gasteiger charge is -2.31. The van der Waals surface area contributed by atoms with E-state index in [0.717, 1.165) is 25.9 Å². The van der Waals surface area contributed by atoms with Gasteiger partial charge in [-0.3, -0.25) is 4.90 Å². The first-order valence-corrected chi connectivity index (χ1v) is 5.84. The highest BCUT2D eigenvalue weighted by atomic mass is 32.2. The maximum Gasteiger partial charge on any atom is 0.178 e. The van der Waals surface area contributed by atoms with E-state index < -0.39 is 16.5 Å². The standard InChI is InChI=1S/C7H14N2O2S2/c8-6(12)7(13(10)11)9-4-2-1-3-5-9/h7H,1-5H2,(H2,8,12)(H,10,11). The van der Waals surface area contributed by atoms with Crippen molar-refractivity contribution in [1.82, 2.24) is 4.90 Å². The Hall–Kier alpha value is -0.0400. The third kappa shape index (κ3) is 2.98. The molecule has 13 heavy (non-hydrogen) atoms. The first-order chi connectivity index (χ1) is 6.13. The lowest BCUT2D eigenvalue weighted by molar-refractivity contribution is 0.236. The largest absolute Gasteiger partial charge is 0.391 e. The van der Waals surface area contributed by atoms with E-state index in [2.05, 4.69) is 0 Å². The maximum absolute atomic E-state index is 10.9. The van der Waals surface area contributed by atoms with Crippen LogP contribution in [-0.2, 0) is 11.1 Å². The van der Waals surface area contributed by atoms with Crippen LogP contribution in [0.15, 0.2) is 0 Å². The van der Waals surface area contributed by atoms with Crippen LogP contribution in [-0.4, -0.2) is 37.1 Å². The second kappa shape index (κ2) is 4.99. The van der Waals surface area contributed by atoms with E-state index in [-0.39, 0.29) is 4.99 Å². The van der Waals surface area contributed by atoms with Gasteiger partial charge in [-0.1, -0.05) is 18.6 Å². The van der Waals surface area contributed by atoms with Gasteiger partial charge in [-0.2, -0.15) is 0 Å². The van der Waals surface area contributed by atoms with Crippen molar-refractivity contribution in [2.45, 2.75) is 24.6 Å². The molecule has 0 amide bonds. The molecule has 4 nitrogen and oxygen atoms in total. The number of hydrogen-bond donors (Lipinski definition) is 2. The van der Waals surface area contributed by atoms with Gasteiger partial charge in [0.15, 0.2) is 16.5 Å². The summed E-state index contributed by atoms with van der Waals surface area (Å²) >= 11 is 2.79. The molecule has 1 rings (SSSR count). The SMILES string of the molecule is NC(=S)C(N1CCCCC1)S(=O)O. The molecule has 1 fully saturated rings. The predicted octanol–water partition coefficient (Wildman–Crippen LogP) is 0.306. The Morgan fingerprint density at radius 3 is 2.38 bits per heavy atom. The minimum atomic E-state index is -1.97. The third-order valence-electron chi connectivity index (χ3n) is 2.16. The predicted molar refractivity (Wildman–Crippen MR) is 56.8 cm³/mol. The summed E-state index contributed by atoms with van der Waals surface area (Å²) in [6.07, 6.45) is 3.28. The van der Waals surface area contributed by atoms with Gasteiger partial charge in [0.1, 0.15) is 4.99 Å². The van der Waals surface area contributed by atoms with Gasteiger partial charge in [0.25, 0.3) is 0 Å². The summed E-state index contributed by atoms with van der Waals surface area (Å²) in [5.74, 6) is 0. The van der Waals surface area contributed by atoms with E-state index in [1.54, 1.807) is 0 Å². The average Bonchev–Trinajstić information content (AvgIpc) is 2.04. The Labute approximate surface area is 85.8 Å². The van der Waals surface area contributed by atoms with Crippen LogP contribution in [0.4, 0.5) is 0 Å². The molecule has 2 atom stereocenters. The van der Waals surface area contributed by atoms with Crippen LogP contribution < -0.4 is 5.73 Å². The fourth-order valence-electron chi connectivity index (χ4n) is 1.56. The van der Waals surface area contributed by atoms with Gasteiger partial charge >= 0.3 is 0 Å². The summed E-state index contributed by atoms with van der Waals surface area (Å²) in [6, 6.07) is 0. The number of nitrogens with zero attached hydrogens (tertiary/aromatic N) is 1. The Morgan fingerprint density at radius 1 is 1.46 bits per heavy atom. The zero-order valence-electron chi connectivity index (χ0n) is 7.31. The number of piperidine rings is 1. The lowest BCUT2D eigenvalue weighted by atomic mass is 10.1. The quantitative estimate of drug-likeness (QED) is 0.531. The van der Waals surface area contributed by atoms with Gasteiger partial charge in [-0.05, 0) is 25.9 Å². The molecular formula is C7H14N2O2S2. The summed E-state index contributed by atoms with van der Waals surface area (Å²) in [5, 5.41) is -0.657. The van der Waals surface area contributed by atoms with Crippen LogP contribution in [0.3, 0.4) is 0 Å². The van der Waals surface area contributed by atoms with E-state index in [9.17, 15) is 4.21 Å². The average molecular weight is 222 g/mol. The number of thiocarbonyl (C=S) groups is 1. The lowest BCUT2D eigenvalue weighted by Crippen LogP contribution is -2.48. The number of likely N-dealkylation sites (tertiary alicyclic amines) is 1. The van der Waals surface area contributed by atoms with Gasteiger partial charge in [-0.15, -0.1) is 0 Å². The van der Waals surface area contributed by atoms with Crippen molar-refractivity contribution in [2.75, 3.05) is 13.1 Å². The highest BCUT2D eigenvalue weighted by Crippen LogP contribution is 2.13. The van der Waals surface area contributed by atoms with Crippen LogP contribution in [0.2, 0.25) is 0 Å². The summed E-state index contributed by atoms with van der Waals surface area (Å²) in [5.41, 5.74) is 5.41. The van der Waals surface area contributed by atoms with Crippen molar-refractivity contribution in [3.8, 4) is 0 Å². The summed E-state index contributed by atoms with van der Waals surface area (Å²) < 4.78 is 19.9. The molecular weight excluding hydrogens is 208 g/mol. The highest BCUT2D eigenvalue weighted by molar-refractivity contribution is 7.86. The Morgan fingerprint density at radius 2 is 2.00 bits per heavy atom. The number of nitrogens with two attached hydrogens (primary N) is 1. The zero-order chi connectivity index (χ0) is 9.84. The molecule has 0 saturated carbocycles. The van der Waals surface area contributed by atoms with Crippen molar-refractivity contribution in [3.63, 3.8) is 0 Å². The van der Waals surface area contributed by atoms with E-state index in [0.29, 0.717) is 0 Å². The van der Waals surface area contributed by atoms with Crippen molar-refractivity contribution < 1.29 is 8.76 Å². The summed E-state index contributed by atoms with van der Waals surface area (Å²) in [7, 11) is 0. The van der Waals surface area contributed by atoms with Crippen LogP contribution >= 0.6 is 12.2 Å². The maximum atomic E-state index is 10.9. The fraction of sp³-hybridized carbons (Fsp3) is 0.857. The van der Waals surface area contributed by atoms with Gasteiger partial charge in [0.05, 0.1) is 0 Å². The zero-order valence-corrected chi connectivity index (χ0v) is 8.94. The van der Waals surface area contributed by atoms with Gasteiger partial charge in [0, 0.05) is 0 Å². The number of hydrogen-bond acceptors (Lipinski definition) is 3. The molecule has 76 valence electrons. The molecule has 6 heteroatoms. The van der Waals surface area contributed by atoms with E-state index >= 15 is 0 Å². The van der Waals surface area contributed by atoms with E-state index in [1.807, 2.05) is 4.90 Å². The van der Waals surface area contributed by atoms with Crippen LogP contribution in [0, 0.1) is 0 Å². The molecule has 0 bridgehead atoms. The Bertz CT molecular complexity index is 203. The van der Waals surface area contributed by atoms with Crippen LogP contribution in [0.25, 0.3) is 0 Å². The number of rotatable bonds is 3. The van der Waals surface area contributed by atoms with Crippen molar-refractivity contribution in [1.29, 1.82) is 0 Å². The van der Waals surface area contributed by atoms with Crippen molar-refractivity contribution in [3.05, 3.63) is 0 Å². The fourth-order valence-corrected chi connectivity index (χ4v) is 2.62. The Balaban J connectivity index is 2.62. The molecule has 1 aliphatic heterocycles. The molecule has 0 aromatic carbocycles. The van der Waals surface area contributed by atoms with Crippen molar-refractivity contribution >= 4 is 28.3 Å². The molecule has 3 N–H and O–H groups in total. The van der Waals surface area contributed by atoms with Crippen LogP contribution in [0.1, 0.15) is 19.3 Å². The first-order valence-electron chi connectivity index (χ1n) is 4.26. The van der Waals surface area contributed by atoms with E-state index in [4.69, 9.17) is 22.5 Å². The molecule has 2 unspecified atom stereocenters. The highest BCUT2D eigenvalue weighted by Gasteiger charge is 2.27. The van der Waals surface area contributed by atoms with Gasteiger partial charge < -0.3 is 10.3 Å². The molecule has 1 saturated heterocycles. The molecule has 0 aromatic rings. The smallest absolute Gasteiger partial charge is 0.178 e. The second-order valence-electron chi connectivity index (χ2n) is 3.13. The minimum Gasteiger partial charge on any atom is -0.391 e. The summed E-state index contributed by atoms with van der Waals surface area (Å²) in [6.45, 7) is 1.63. The molecule has 0 radical (unpaired) electrons. The third-order valence-corrected chi connectivity index (χ3v) is 3.46. The van der Waals surface area contributed by atoms with Gasteiger partial charge in [-0.25, -0.2) is 4.21 Å². The molecule has 0 spiro atoms.